The second-order valence-electron chi connectivity index (χ2n) is 5.34. The first-order valence-corrected chi connectivity index (χ1v) is 7.49. The predicted octanol–water partition coefficient (Wildman–Crippen LogP) is 3.28. The van der Waals surface area contributed by atoms with Gasteiger partial charge in [-0.2, -0.15) is 0 Å². The molecule has 0 aliphatic heterocycles. The van der Waals surface area contributed by atoms with Gasteiger partial charge in [0, 0.05) is 17.5 Å². The van der Waals surface area contributed by atoms with E-state index in [0.29, 0.717) is 11.0 Å². The van der Waals surface area contributed by atoms with Crippen LogP contribution >= 0.6 is 0 Å². The van der Waals surface area contributed by atoms with Crippen molar-refractivity contribution in [3.63, 3.8) is 0 Å². The van der Waals surface area contributed by atoms with Crippen LogP contribution in [0.1, 0.15) is 22.8 Å². The van der Waals surface area contributed by atoms with Crippen LogP contribution in [0.15, 0.2) is 69.0 Å². The maximum atomic E-state index is 12.0. The molecule has 0 fully saturated rings. The summed E-state index contributed by atoms with van der Waals surface area (Å²) in [6.07, 6.45) is 0. The normalized spacial score (nSPS) is 11.3. The van der Waals surface area contributed by atoms with Gasteiger partial charge in [-0.3, -0.25) is 10.1 Å². The highest BCUT2D eigenvalue weighted by atomic mass is 16.7. The summed E-state index contributed by atoms with van der Waals surface area (Å²) in [5.74, 6) is -0.801. The van der Waals surface area contributed by atoms with E-state index >= 15 is 0 Å². The van der Waals surface area contributed by atoms with Crippen LogP contribution in [-0.4, -0.2) is 16.6 Å². The van der Waals surface area contributed by atoms with Crippen LogP contribution in [0.5, 0.6) is 0 Å². The van der Waals surface area contributed by atoms with Crippen LogP contribution in [0.4, 0.5) is 5.69 Å². The number of fused-ring (bicyclic) bond motifs is 1. The molecule has 3 rings (SSSR count). The van der Waals surface area contributed by atoms with Crippen molar-refractivity contribution >= 4 is 28.3 Å². The second kappa shape index (κ2) is 6.98. The fourth-order valence-electron chi connectivity index (χ4n) is 2.25. The molecule has 0 aliphatic carbocycles. The summed E-state index contributed by atoms with van der Waals surface area (Å²) in [6, 6.07) is 13.5. The molecule has 8 nitrogen and oxygen atoms in total. The summed E-state index contributed by atoms with van der Waals surface area (Å²) in [7, 11) is 0. The Kier molecular flexibility index (Phi) is 4.57. The van der Waals surface area contributed by atoms with E-state index in [4.69, 9.17) is 9.25 Å². The van der Waals surface area contributed by atoms with Crippen molar-refractivity contribution < 1.29 is 19.0 Å². The van der Waals surface area contributed by atoms with Crippen LogP contribution in [0.25, 0.3) is 11.0 Å². The molecule has 3 aromatic rings. The number of nitro groups is 1. The number of benzene rings is 2. The average molecular weight is 352 g/mol. The average Bonchev–Trinajstić information content (AvgIpc) is 2.65. The molecule has 1 aromatic heterocycles. The fraction of sp³-hybridized carbons (Fsp3) is 0.0556. The maximum Gasteiger partial charge on any atom is 0.365 e. The van der Waals surface area contributed by atoms with E-state index in [0.717, 1.165) is 0 Å². The molecule has 1 heterocycles. The number of carbonyl (C=O) groups is 1. The maximum absolute atomic E-state index is 12.0. The standard InChI is InChI=1S/C18H12N2O6/c1-11(15-10-13-4-2-3-5-16(13)25-18(15)22)19-26-17(21)12-6-8-14(9-7-12)20(23)24/h2-10H,1H3. The van der Waals surface area contributed by atoms with Gasteiger partial charge in [-0.25, -0.2) is 9.59 Å². The monoisotopic (exact) mass is 352 g/mol. The Morgan fingerprint density at radius 2 is 1.85 bits per heavy atom. The second-order valence-corrected chi connectivity index (χ2v) is 5.34. The van der Waals surface area contributed by atoms with Gasteiger partial charge in [0.05, 0.1) is 21.8 Å². The Morgan fingerprint density at radius 3 is 2.54 bits per heavy atom. The smallest absolute Gasteiger partial charge is 0.365 e. The quantitative estimate of drug-likeness (QED) is 0.234. The topological polar surface area (TPSA) is 112 Å². The van der Waals surface area contributed by atoms with E-state index < -0.39 is 16.5 Å². The minimum Gasteiger partial charge on any atom is -0.422 e. The summed E-state index contributed by atoms with van der Waals surface area (Å²) in [6.45, 7) is 1.50. The van der Waals surface area contributed by atoms with Crippen molar-refractivity contribution in [1.82, 2.24) is 0 Å². The van der Waals surface area contributed by atoms with E-state index in [1.807, 2.05) is 0 Å². The molecule has 0 spiro atoms. The molecule has 0 bridgehead atoms. The zero-order valence-corrected chi connectivity index (χ0v) is 13.5. The molecule has 8 heteroatoms. The highest BCUT2D eigenvalue weighted by Gasteiger charge is 2.13. The minimum atomic E-state index is -0.801. The Hall–Kier alpha value is -3.81. The van der Waals surface area contributed by atoms with Crippen LogP contribution in [-0.2, 0) is 4.84 Å². The third-order valence-corrected chi connectivity index (χ3v) is 3.61. The van der Waals surface area contributed by atoms with Gasteiger partial charge in [-0.15, -0.1) is 0 Å². The lowest BCUT2D eigenvalue weighted by Gasteiger charge is -2.02. The molecule has 0 radical (unpaired) electrons. The van der Waals surface area contributed by atoms with Crippen molar-refractivity contribution in [2.45, 2.75) is 6.92 Å². The number of nitro benzene ring substituents is 1. The number of hydrogen-bond donors (Lipinski definition) is 0. The summed E-state index contributed by atoms with van der Waals surface area (Å²) < 4.78 is 5.20. The van der Waals surface area contributed by atoms with E-state index in [1.54, 1.807) is 30.3 Å². The molecule has 0 atom stereocenters. The lowest BCUT2D eigenvalue weighted by molar-refractivity contribution is -0.384. The van der Waals surface area contributed by atoms with Gasteiger partial charge in [0.25, 0.3) is 5.69 Å². The van der Waals surface area contributed by atoms with Crippen LogP contribution in [0.3, 0.4) is 0 Å². The highest BCUT2D eigenvalue weighted by Crippen LogP contribution is 2.14. The molecule has 0 amide bonds. The van der Waals surface area contributed by atoms with Gasteiger partial charge in [0.15, 0.2) is 0 Å². The lowest BCUT2D eigenvalue weighted by atomic mass is 10.1. The minimum absolute atomic E-state index is 0.0951. The van der Waals surface area contributed by atoms with Crippen molar-refractivity contribution in [2.75, 3.05) is 0 Å². The first kappa shape index (κ1) is 17.0. The Bertz CT molecular complexity index is 1080. The SMILES string of the molecule is CC(=NOC(=O)c1ccc([N+](=O)[O-])cc1)c1cc2ccccc2oc1=O. The summed E-state index contributed by atoms with van der Waals surface area (Å²) >= 11 is 0. The Labute approximate surface area is 146 Å². The van der Waals surface area contributed by atoms with Gasteiger partial charge in [-0.1, -0.05) is 23.4 Å². The molecule has 130 valence electrons. The van der Waals surface area contributed by atoms with E-state index in [-0.39, 0.29) is 22.5 Å². The number of nitrogens with zero attached hydrogens (tertiary/aromatic N) is 2. The number of para-hydroxylation sites is 1. The number of rotatable bonds is 4. The first-order valence-electron chi connectivity index (χ1n) is 7.49. The van der Waals surface area contributed by atoms with Gasteiger partial charge in [0.2, 0.25) is 0 Å². The van der Waals surface area contributed by atoms with Crippen molar-refractivity contribution in [2.24, 2.45) is 5.16 Å². The number of non-ortho nitro benzene ring substituents is 1. The number of hydrogen-bond acceptors (Lipinski definition) is 7. The van der Waals surface area contributed by atoms with E-state index in [2.05, 4.69) is 5.16 Å². The van der Waals surface area contributed by atoms with Crippen molar-refractivity contribution in [1.29, 1.82) is 0 Å². The van der Waals surface area contributed by atoms with Crippen LogP contribution in [0.2, 0.25) is 0 Å². The fourth-order valence-corrected chi connectivity index (χ4v) is 2.25. The van der Waals surface area contributed by atoms with E-state index in [1.165, 1.54) is 31.2 Å². The van der Waals surface area contributed by atoms with Gasteiger partial charge in [0.1, 0.15) is 5.58 Å². The van der Waals surface area contributed by atoms with E-state index in [9.17, 15) is 19.7 Å². The number of carbonyl (C=O) groups excluding carboxylic acids is 1. The van der Waals surface area contributed by atoms with Gasteiger partial charge in [-0.05, 0) is 31.2 Å². The van der Waals surface area contributed by atoms with Gasteiger partial charge < -0.3 is 9.25 Å². The molecular weight excluding hydrogens is 340 g/mol. The molecule has 26 heavy (non-hydrogen) atoms. The lowest BCUT2D eigenvalue weighted by Crippen LogP contribution is -2.13. The van der Waals surface area contributed by atoms with Crippen molar-refractivity contribution in [3.05, 3.63) is 86.3 Å². The summed E-state index contributed by atoms with van der Waals surface area (Å²) in [5.41, 5.74) is 0.126. The molecule has 0 saturated heterocycles. The van der Waals surface area contributed by atoms with Crippen molar-refractivity contribution in [3.8, 4) is 0 Å². The zero-order valence-electron chi connectivity index (χ0n) is 13.5. The molecule has 0 unspecified atom stereocenters. The molecule has 0 N–H and O–H groups in total. The highest BCUT2D eigenvalue weighted by molar-refractivity contribution is 6.00. The summed E-state index contributed by atoms with van der Waals surface area (Å²) in [4.78, 5) is 38.8. The zero-order chi connectivity index (χ0) is 18.7. The van der Waals surface area contributed by atoms with Crippen LogP contribution in [0, 0.1) is 10.1 Å². The Balaban J connectivity index is 1.81. The predicted molar refractivity (Wildman–Crippen MR) is 93.2 cm³/mol. The molecule has 0 aliphatic rings. The molecular formula is C18H12N2O6. The third kappa shape index (κ3) is 3.48. The third-order valence-electron chi connectivity index (χ3n) is 3.61. The number of oxime groups is 1. The first-order chi connectivity index (χ1) is 12.5. The molecule has 0 saturated carbocycles. The van der Waals surface area contributed by atoms with Gasteiger partial charge >= 0.3 is 11.6 Å². The largest absolute Gasteiger partial charge is 0.422 e. The summed E-state index contributed by atoms with van der Waals surface area (Å²) in [5, 5.41) is 15.0. The van der Waals surface area contributed by atoms with Crippen LogP contribution < -0.4 is 5.63 Å². The Morgan fingerprint density at radius 1 is 1.15 bits per heavy atom. The molecule has 2 aromatic carbocycles.